The lowest BCUT2D eigenvalue weighted by molar-refractivity contribution is -0.116. The topological polar surface area (TPSA) is 66.8 Å². The van der Waals surface area contributed by atoms with Gasteiger partial charge in [0.25, 0.3) is 0 Å². The summed E-state index contributed by atoms with van der Waals surface area (Å²) in [4.78, 5) is 10.8. The Morgan fingerprint density at radius 2 is 2.00 bits per heavy atom. The maximum Gasteiger partial charge on any atom is 0.161 e. The van der Waals surface area contributed by atoms with Gasteiger partial charge in [0.15, 0.2) is 11.5 Å². The van der Waals surface area contributed by atoms with Gasteiger partial charge in [-0.05, 0) is 25.0 Å². The molecule has 0 unspecified atom stereocenters. The molecule has 0 spiro atoms. The summed E-state index contributed by atoms with van der Waals surface area (Å²) < 4.78 is 4.90. The van der Waals surface area contributed by atoms with E-state index in [1.807, 2.05) is 0 Å². The van der Waals surface area contributed by atoms with Crippen LogP contribution in [0.5, 0.6) is 17.2 Å². The van der Waals surface area contributed by atoms with E-state index in [-0.39, 0.29) is 17.3 Å². The number of methoxy groups -OCH3 is 1. The third kappa shape index (κ3) is 2.87. The van der Waals surface area contributed by atoms with Crippen molar-refractivity contribution in [3.05, 3.63) is 17.7 Å². The number of aryl methyl sites for hydroxylation is 1. The van der Waals surface area contributed by atoms with E-state index in [9.17, 15) is 15.0 Å². The first-order valence-electron chi connectivity index (χ1n) is 4.63. The van der Waals surface area contributed by atoms with Crippen LogP contribution in [0.4, 0.5) is 0 Å². The second-order valence-corrected chi connectivity index (χ2v) is 3.35. The van der Waals surface area contributed by atoms with E-state index in [2.05, 4.69) is 0 Å². The third-order valence-corrected chi connectivity index (χ3v) is 2.13. The smallest absolute Gasteiger partial charge is 0.161 e. The van der Waals surface area contributed by atoms with Crippen LogP contribution in [0, 0.1) is 0 Å². The number of ketones is 1. The summed E-state index contributed by atoms with van der Waals surface area (Å²) in [6, 6.07) is 2.75. The lowest BCUT2D eigenvalue weighted by Gasteiger charge is -2.08. The minimum Gasteiger partial charge on any atom is -0.508 e. The van der Waals surface area contributed by atoms with Crippen molar-refractivity contribution in [3.8, 4) is 17.2 Å². The zero-order chi connectivity index (χ0) is 11.4. The summed E-state index contributed by atoms with van der Waals surface area (Å²) in [5.74, 6) is 0.226. The Morgan fingerprint density at radius 1 is 1.33 bits per heavy atom. The van der Waals surface area contributed by atoms with Crippen LogP contribution in [-0.2, 0) is 11.2 Å². The molecule has 0 fully saturated rings. The second kappa shape index (κ2) is 4.68. The highest BCUT2D eigenvalue weighted by Gasteiger charge is 2.09. The lowest BCUT2D eigenvalue weighted by atomic mass is 10.1. The maximum atomic E-state index is 10.8. The molecule has 0 aliphatic rings. The zero-order valence-corrected chi connectivity index (χ0v) is 8.78. The first kappa shape index (κ1) is 11.4. The van der Waals surface area contributed by atoms with Crippen LogP contribution >= 0.6 is 0 Å². The number of hydrogen-bond donors (Lipinski definition) is 2. The molecule has 0 aromatic heterocycles. The number of aromatic hydroxyl groups is 2. The van der Waals surface area contributed by atoms with E-state index in [4.69, 9.17) is 4.74 Å². The van der Waals surface area contributed by atoms with Crippen LogP contribution in [0.2, 0.25) is 0 Å². The highest BCUT2D eigenvalue weighted by atomic mass is 16.5. The molecule has 0 atom stereocenters. The number of rotatable bonds is 4. The average molecular weight is 210 g/mol. The monoisotopic (exact) mass is 210 g/mol. The van der Waals surface area contributed by atoms with Crippen LogP contribution in [0.15, 0.2) is 12.1 Å². The van der Waals surface area contributed by atoms with Gasteiger partial charge in [0, 0.05) is 12.5 Å². The minimum absolute atomic E-state index is 0.0189. The average Bonchev–Trinajstić information content (AvgIpc) is 2.16. The molecule has 1 aromatic carbocycles. The van der Waals surface area contributed by atoms with Gasteiger partial charge < -0.3 is 19.7 Å². The second-order valence-electron chi connectivity index (χ2n) is 3.35. The molecular weight excluding hydrogens is 196 g/mol. The van der Waals surface area contributed by atoms with Crippen LogP contribution < -0.4 is 4.74 Å². The summed E-state index contributed by atoms with van der Waals surface area (Å²) in [5, 5.41) is 18.8. The molecule has 0 bridgehead atoms. The maximum absolute atomic E-state index is 10.8. The van der Waals surface area contributed by atoms with Gasteiger partial charge >= 0.3 is 0 Å². The van der Waals surface area contributed by atoms with Crippen molar-refractivity contribution in [2.75, 3.05) is 7.11 Å². The van der Waals surface area contributed by atoms with Crippen LogP contribution in [0.25, 0.3) is 0 Å². The number of carbonyl (C=O) groups excluding carboxylic acids is 1. The summed E-state index contributed by atoms with van der Waals surface area (Å²) in [7, 11) is 1.43. The highest BCUT2D eigenvalue weighted by molar-refractivity contribution is 5.75. The molecule has 0 heterocycles. The minimum atomic E-state index is -0.110. The molecule has 0 aliphatic carbocycles. The summed E-state index contributed by atoms with van der Waals surface area (Å²) in [6.45, 7) is 1.49. The Bertz CT molecular complexity index is 371. The molecule has 0 saturated heterocycles. The Kier molecular flexibility index (Phi) is 3.55. The van der Waals surface area contributed by atoms with Gasteiger partial charge in [-0.1, -0.05) is 0 Å². The van der Waals surface area contributed by atoms with Crippen LogP contribution in [0.3, 0.4) is 0 Å². The molecule has 15 heavy (non-hydrogen) atoms. The SMILES string of the molecule is COc1cc(CCC(C)=O)c(O)cc1O. The fraction of sp³-hybridized carbons (Fsp3) is 0.364. The molecule has 4 heteroatoms. The van der Waals surface area contributed by atoms with E-state index in [0.717, 1.165) is 0 Å². The van der Waals surface area contributed by atoms with Gasteiger partial charge in [0.05, 0.1) is 7.11 Å². The number of benzene rings is 1. The van der Waals surface area contributed by atoms with Crippen molar-refractivity contribution in [2.45, 2.75) is 19.8 Å². The van der Waals surface area contributed by atoms with Crippen molar-refractivity contribution in [1.29, 1.82) is 0 Å². The Labute approximate surface area is 88.1 Å². The summed E-state index contributed by atoms with van der Waals surface area (Å²) in [5.41, 5.74) is 0.597. The normalized spacial score (nSPS) is 10.0. The molecule has 82 valence electrons. The van der Waals surface area contributed by atoms with Gasteiger partial charge in [-0.15, -0.1) is 0 Å². The fourth-order valence-electron chi connectivity index (χ4n) is 1.27. The van der Waals surface area contributed by atoms with E-state index in [0.29, 0.717) is 24.2 Å². The number of Topliss-reactive ketones (excluding diaryl/α,β-unsaturated/α-hetero) is 1. The predicted molar refractivity (Wildman–Crippen MR) is 55.3 cm³/mol. The van der Waals surface area contributed by atoms with Crippen molar-refractivity contribution in [2.24, 2.45) is 0 Å². The van der Waals surface area contributed by atoms with E-state index < -0.39 is 0 Å². The summed E-state index contributed by atoms with van der Waals surface area (Å²) >= 11 is 0. The largest absolute Gasteiger partial charge is 0.508 e. The Hall–Kier alpha value is -1.71. The third-order valence-electron chi connectivity index (χ3n) is 2.13. The first-order valence-corrected chi connectivity index (χ1v) is 4.63. The number of phenols is 2. The number of ether oxygens (including phenoxy) is 1. The first-order chi connectivity index (χ1) is 7.04. The molecule has 0 amide bonds. The van der Waals surface area contributed by atoms with Crippen LogP contribution in [-0.4, -0.2) is 23.1 Å². The summed E-state index contributed by atoms with van der Waals surface area (Å²) in [6.07, 6.45) is 0.805. The number of carbonyl (C=O) groups is 1. The van der Waals surface area contributed by atoms with Crippen molar-refractivity contribution >= 4 is 5.78 Å². The van der Waals surface area contributed by atoms with Crippen LogP contribution in [0.1, 0.15) is 18.9 Å². The number of hydrogen-bond acceptors (Lipinski definition) is 4. The number of phenolic OH excluding ortho intramolecular Hbond substituents is 2. The Balaban J connectivity index is 2.92. The molecule has 1 rings (SSSR count). The van der Waals surface area contributed by atoms with Crippen molar-refractivity contribution in [1.82, 2.24) is 0 Å². The molecule has 2 N–H and O–H groups in total. The van der Waals surface area contributed by atoms with Crippen molar-refractivity contribution < 1.29 is 19.7 Å². The van der Waals surface area contributed by atoms with Gasteiger partial charge in [0.2, 0.25) is 0 Å². The molecule has 0 saturated carbocycles. The fourth-order valence-corrected chi connectivity index (χ4v) is 1.27. The van der Waals surface area contributed by atoms with E-state index in [1.165, 1.54) is 26.2 Å². The molecule has 0 aliphatic heterocycles. The zero-order valence-electron chi connectivity index (χ0n) is 8.78. The highest BCUT2D eigenvalue weighted by Crippen LogP contribution is 2.33. The van der Waals surface area contributed by atoms with Crippen molar-refractivity contribution in [3.63, 3.8) is 0 Å². The molecule has 0 radical (unpaired) electrons. The molecule has 4 nitrogen and oxygen atoms in total. The standard InChI is InChI=1S/C11H14O4/c1-7(12)3-4-8-5-11(15-2)10(14)6-9(8)13/h5-6,13-14H,3-4H2,1-2H3. The van der Waals surface area contributed by atoms with Gasteiger partial charge in [-0.3, -0.25) is 0 Å². The van der Waals surface area contributed by atoms with Gasteiger partial charge in [-0.2, -0.15) is 0 Å². The quantitative estimate of drug-likeness (QED) is 0.792. The van der Waals surface area contributed by atoms with Gasteiger partial charge in [0.1, 0.15) is 11.5 Å². The van der Waals surface area contributed by atoms with E-state index in [1.54, 1.807) is 0 Å². The van der Waals surface area contributed by atoms with E-state index >= 15 is 0 Å². The van der Waals surface area contributed by atoms with Gasteiger partial charge in [-0.25, -0.2) is 0 Å². The Morgan fingerprint density at radius 3 is 2.53 bits per heavy atom. The molecular formula is C11H14O4. The molecule has 1 aromatic rings. The lowest BCUT2D eigenvalue weighted by Crippen LogP contribution is -1.95. The predicted octanol–water partition coefficient (Wildman–Crippen LogP) is 1.63.